The predicted molar refractivity (Wildman–Crippen MR) is 109 cm³/mol. The normalized spacial score (nSPS) is 12.6. The smallest absolute Gasteiger partial charge is 0.191 e. The van der Waals surface area contributed by atoms with Gasteiger partial charge < -0.3 is 20.5 Å². The molecule has 0 amide bonds. The van der Waals surface area contributed by atoms with Crippen molar-refractivity contribution in [3.05, 3.63) is 21.3 Å². The van der Waals surface area contributed by atoms with E-state index in [0.717, 1.165) is 49.8 Å². The number of nitrogens with zero attached hydrogens (tertiary/aromatic N) is 1. The summed E-state index contributed by atoms with van der Waals surface area (Å²) >= 11 is 7.26. The molecule has 0 aromatic carbocycles. The van der Waals surface area contributed by atoms with Crippen LogP contribution in [-0.2, 0) is 4.74 Å². The van der Waals surface area contributed by atoms with Gasteiger partial charge in [-0.25, -0.2) is 0 Å². The van der Waals surface area contributed by atoms with E-state index in [0.29, 0.717) is 10.9 Å². The van der Waals surface area contributed by atoms with E-state index in [-0.39, 0.29) is 24.0 Å². The molecule has 0 bridgehead atoms. The SMILES string of the molecule is CCNC(=NCC(O)c1ccc(Cl)s1)NCCCCCOC.I. The molecule has 0 fully saturated rings. The van der Waals surface area contributed by atoms with Crippen molar-refractivity contribution in [3.63, 3.8) is 0 Å². The minimum absolute atomic E-state index is 0. The number of unbranched alkanes of at least 4 members (excludes halogenated alkanes) is 2. The van der Waals surface area contributed by atoms with Gasteiger partial charge in [0.2, 0.25) is 0 Å². The van der Waals surface area contributed by atoms with Crippen molar-refractivity contribution in [2.24, 2.45) is 4.99 Å². The van der Waals surface area contributed by atoms with Crippen LogP contribution < -0.4 is 10.6 Å². The lowest BCUT2D eigenvalue weighted by molar-refractivity contribution is 0.190. The molecule has 0 aliphatic rings. The number of nitrogens with one attached hydrogen (secondary N) is 2. The first-order valence-electron chi connectivity index (χ1n) is 7.61. The van der Waals surface area contributed by atoms with E-state index in [9.17, 15) is 5.11 Å². The number of methoxy groups -OCH3 is 1. The van der Waals surface area contributed by atoms with Gasteiger partial charge in [0, 0.05) is 31.7 Å². The average molecular weight is 476 g/mol. The molecule has 0 aliphatic carbocycles. The first-order chi connectivity index (χ1) is 10.7. The zero-order chi connectivity index (χ0) is 16.2. The fraction of sp³-hybridized carbons (Fsp3) is 0.667. The van der Waals surface area contributed by atoms with Crippen molar-refractivity contribution in [3.8, 4) is 0 Å². The van der Waals surface area contributed by atoms with E-state index >= 15 is 0 Å². The summed E-state index contributed by atoms with van der Waals surface area (Å²) in [6.45, 7) is 4.79. The third-order valence-electron chi connectivity index (χ3n) is 3.01. The van der Waals surface area contributed by atoms with E-state index in [1.165, 1.54) is 11.3 Å². The van der Waals surface area contributed by atoms with Crippen LogP contribution in [0.2, 0.25) is 4.34 Å². The summed E-state index contributed by atoms with van der Waals surface area (Å²) < 4.78 is 5.70. The second-order valence-electron chi connectivity index (χ2n) is 4.86. The van der Waals surface area contributed by atoms with Crippen LogP contribution in [-0.4, -0.2) is 44.4 Å². The largest absolute Gasteiger partial charge is 0.386 e. The van der Waals surface area contributed by atoms with Crippen molar-refractivity contribution in [1.82, 2.24) is 10.6 Å². The maximum absolute atomic E-state index is 10.1. The Morgan fingerprint density at radius 2 is 2.13 bits per heavy atom. The molecular formula is C15H27ClIN3O2S. The van der Waals surface area contributed by atoms with Crippen molar-refractivity contribution in [1.29, 1.82) is 0 Å². The number of thiophene rings is 1. The van der Waals surface area contributed by atoms with Crippen molar-refractivity contribution < 1.29 is 9.84 Å². The van der Waals surface area contributed by atoms with Crippen molar-refractivity contribution in [2.45, 2.75) is 32.3 Å². The van der Waals surface area contributed by atoms with Crippen LogP contribution in [0.3, 0.4) is 0 Å². The number of ether oxygens (including phenoxy) is 1. The molecule has 0 saturated heterocycles. The zero-order valence-corrected chi connectivity index (χ0v) is 17.6. The van der Waals surface area contributed by atoms with Crippen molar-refractivity contribution >= 4 is 52.9 Å². The summed E-state index contributed by atoms with van der Waals surface area (Å²) in [6.07, 6.45) is 2.64. The average Bonchev–Trinajstić information content (AvgIpc) is 2.94. The summed E-state index contributed by atoms with van der Waals surface area (Å²) in [7, 11) is 1.72. The highest BCUT2D eigenvalue weighted by Crippen LogP contribution is 2.26. The van der Waals surface area contributed by atoms with Crippen molar-refractivity contribution in [2.75, 3.05) is 33.4 Å². The molecule has 1 atom stereocenters. The molecule has 1 aromatic rings. The Morgan fingerprint density at radius 1 is 1.35 bits per heavy atom. The lowest BCUT2D eigenvalue weighted by atomic mass is 10.2. The van der Waals surface area contributed by atoms with Crippen LogP contribution >= 0.6 is 46.9 Å². The van der Waals surface area contributed by atoms with Crippen LogP contribution in [0, 0.1) is 0 Å². The van der Waals surface area contributed by atoms with Gasteiger partial charge >= 0.3 is 0 Å². The first kappa shape index (κ1) is 22.9. The third-order valence-corrected chi connectivity index (χ3v) is 4.34. The Balaban J connectivity index is 0.00000484. The number of hydrogen-bond acceptors (Lipinski definition) is 4. The Morgan fingerprint density at radius 3 is 2.74 bits per heavy atom. The second kappa shape index (κ2) is 14.3. The Bertz CT molecular complexity index is 446. The maximum Gasteiger partial charge on any atom is 0.191 e. The molecule has 134 valence electrons. The lowest BCUT2D eigenvalue weighted by Gasteiger charge is -2.12. The van der Waals surface area contributed by atoms with Crippen LogP contribution in [0.25, 0.3) is 0 Å². The van der Waals surface area contributed by atoms with E-state index < -0.39 is 6.10 Å². The minimum atomic E-state index is -0.616. The van der Waals surface area contributed by atoms with Gasteiger partial charge in [-0.1, -0.05) is 11.6 Å². The molecular weight excluding hydrogens is 449 g/mol. The molecule has 1 rings (SSSR count). The summed E-state index contributed by atoms with van der Waals surface area (Å²) in [5.41, 5.74) is 0. The van der Waals surface area contributed by atoms with E-state index in [1.54, 1.807) is 13.2 Å². The molecule has 1 aromatic heterocycles. The Kier molecular flexibility index (Phi) is 14.2. The van der Waals surface area contributed by atoms with Gasteiger partial charge in [-0.05, 0) is 38.3 Å². The van der Waals surface area contributed by atoms with E-state index in [2.05, 4.69) is 15.6 Å². The molecule has 23 heavy (non-hydrogen) atoms. The second-order valence-corrected chi connectivity index (χ2v) is 6.60. The van der Waals surface area contributed by atoms with Gasteiger partial charge in [-0.2, -0.15) is 0 Å². The number of halogens is 2. The number of aliphatic imine (C=N–C) groups is 1. The monoisotopic (exact) mass is 475 g/mol. The number of hydrogen-bond donors (Lipinski definition) is 3. The molecule has 1 heterocycles. The standard InChI is InChI=1S/C15H26ClN3O2S.HI/c1-3-17-15(18-9-5-4-6-10-21-2)19-11-12(20)13-7-8-14(16)22-13;/h7-8,12,20H,3-6,9-11H2,1-2H3,(H2,17,18,19);1H. The summed E-state index contributed by atoms with van der Waals surface area (Å²) in [4.78, 5) is 5.25. The summed E-state index contributed by atoms with van der Waals surface area (Å²) in [5, 5.41) is 16.5. The number of aliphatic hydroxyl groups excluding tert-OH is 1. The molecule has 0 spiro atoms. The maximum atomic E-state index is 10.1. The van der Waals surface area contributed by atoms with Gasteiger partial charge in [0.05, 0.1) is 10.9 Å². The Hall–Kier alpha value is -0.0900. The molecule has 5 nitrogen and oxygen atoms in total. The van der Waals surface area contributed by atoms with Gasteiger partial charge in [0.1, 0.15) is 6.10 Å². The van der Waals surface area contributed by atoms with Gasteiger partial charge in [0.25, 0.3) is 0 Å². The molecule has 0 aliphatic heterocycles. The van der Waals surface area contributed by atoms with Gasteiger partial charge in [0.15, 0.2) is 5.96 Å². The summed E-state index contributed by atoms with van der Waals surface area (Å²) in [6, 6.07) is 3.63. The third kappa shape index (κ3) is 10.4. The molecule has 8 heteroatoms. The van der Waals surface area contributed by atoms with Crippen LogP contribution in [0.5, 0.6) is 0 Å². The topological polar surface area (TPSA) is 65.9 Å². The van der Waals surface area contributed by atoms with Crippen LogP contribution in [0.1, 0.15) is 37.2 Å². The quantitative estimate of drug-likeness (QED) is 0.210. The molecule has 3 N–H and O–H groups in total. The molecule has 0 radical (unpaired) electrons. The van der Waals surface area contributed by atoms with Crippen LogP contribution in [0.4, 0.5) is 0 Å². The minimum Gasteiger partial charge on any atom is -0.386 e. The zero-order valence-electron chi connectivity index (χ0n) is 13.7. The number of guanidine groups is 1. The number of rotatable bonds is 10. The molecule has 1 unspecified atom stereocenters. The highest BCUT2D eigenvalue weighted by Gasteiger charge is 2.10. The summed E-state index contributed by atoms with van der Waals surface area (Å²) in [5.74, 6) is 0.732. The van der Waals surface area contributed by atoms with Crippen LogP contribution in [0.15, 0.2) is 17.1 Å². The fourth-order valence-corrected chi connectivity index (χ4v) is 2.91. The number of aliphatic hydroxyl groups is 1. The predicted octanol–water partition coefficient (Wildman–Crippen LogP) is 3.42. The van der Waals surface area contributed by atoms with Gasteiger partial charge in [-0.3, -0.25) is 4.99 Å². The van der Waals surface area contributed by atoms with Gasteiger partial charge in [-0.15, -0.1) is 35.3 Å². The van der Waals surface area contributed by atoms with E-state index in [1.807, 2.05) is 13.0 Å². The first-order valence-corrected chi connectivity index (χ1v) is 8.81. The lowest BCUT2D eigenvalue weighted by Crippen LogP contribution is -2.38. The Labute approximate surface area is 164 Å². The highest BCUT2D eigenvalue weighted by atomic mass is 127. The fourth-order valence-electron chi connectivity index (χ4n) is 1.87. The van der Waals surface area contributed by atoms with E-state index in [4.69, 9.17) is 16.3 Å². The molecule has 0 saturated carbocycles. The highest BCUT2D eigenvalue weighted by molar-refractivity contribution is 14.0.